The SMILES string of the molecule is Cc1ccc(S(=O)(=O)N2C[C@@H](C(=O)Nc3cccc(F)c3)Oc3cc(C)ccc32)cc1. The van der Waals surface area contributed by atoms with Gasteiger partial charge in [0, 0.05) is 5.69 Å². The van der Waals surface area contributed by atoms with Crippen LogP contribution in [-0.2, 0) is 14.8 Å². The number of amides is 1. The van der Waals surface area contributed by atoms with Crippen molar-refractivity contribution in [3.8, 4) is 5.75 Å². The standard InChI is InChI=1S/C23H21FN2O4S/c1-15-6-9-19(10-7-15)31(28,29)26-14-22(30-21-12-16(2)8-11-20(21)26)23(27)25-18-5-3-4-17(24)13-18/h3-13,22H,14H2,1-2H3,(H,25,27)/t22-/m0/s1. The lowest BCUT2D eigenvalue weighted by Crippen LogP contribution is -2.48. The van der Waals surface area contributed by atoms with E-state index in [0.717, 1.165) is 11.1 Å². The van der Waals surface area contributed by atoms with Gasteiger partial charge in [0.2, 0.25) is 0 Å². The number of hydrogen-bond acceptors (Lipinski definition) is 4. The van der Waals surface area contributed by atoms with Crippen LogP contribution in [0.25, 0.3) is 0 Å². The molecule has 1 N–H and O–H groups in total. The molecule has 0 aliphatic carbocycles. The van der Waals surface area contributed by atoms with Gasteiger partial charge in [0.25, 0.3) is 15.9 Å². The topological polar surface area (TPSA) is 75.7 Å². The summed E-state index contributed by atoms with van der Waals surface area (Å²) in [5.74, 6) is -0.768. The van der Waals surface area contributed by atoms with E-state index in [9.17, 15) is 17.6 Å². The molecule has 8 heteroatoms. The lowest BCUT2D eigenvalue weighted by atomic mass is 10.1. The summed E-state index contributed by atoms with van der Waals surface area (Å²) in [4.78, 5) is 13.0. The first kappa shape index (κ1) is 20.9. The largest absolute Gasteiger partial charge is 0.476 e. The molecular formula is C23H21FN2O4S. The molecule has 4 rings (SSSR count). The highest BCUT2D eigenvalue weighted by molar-refractivity contribution is 7.92. The molecule has 1 aliphatic rings. The molecule has 1 atom stereocenters. The van der Waals surface area contributed by atoms with Gasteiger partial charge in [0.05, 0.1) is 17.1 Å². The van der Waals surface area contributed by atoms with E-state index in [0.29, 0.717) is 11.4 Å². The van der Waals surface area contributed by atoms with Crippen molar-refractivity contribution >= 4 is 27.3 Å². The van der Waals surface area contributed by atoms with E-state index in [2.05, 4.69) is 5.32 Å². The van der Waals surface area contributed by atoms with E-state index in [4.69, 9.17) is 4.74 Å². The highest BCUT2D eigenvalue weighted by Gasteiger charge is 2.37. The summed E-state index contributed by atoms with van der Waals surface area (Å²) in [6.45, 7) is 3.50. The molecule has 3 aromatic carbocycles. The van der Waals surface area contributed by atoms with Crippen LogP contribution in [-0.4, -0.2) is 27.0 Å². The second kappa shape index (κ2) is 8.03. The fourth-order valence-electron chi connectivity index (χ4n) is 3.35. The number of carbonyl (C=O) groups excluding carboxylic acids is 1. The zero-order chi connectivity index (χ0) is 22.2. The number of halogens is 1. The third kappa shape index (κ3) is 4.25. The summed E-state index contributed by atoms with van der Waals surface area (Å²) < 4.78 is 47.3. The summed E-state index contributed by atoms with van der Waals surface area (Å²) in [6.07, 6.45) is -1.11. The molecule has 31 heavy (non-hydrogen) atoms. The quantitative estimate of drug-likeness (QED) is 0.665. The number of ether oxygens (including phenoxy) is 1. The zero-order valence-electron chi connectivity index (χ0n) is 17.0. The minimum absolute atomic E-state index is 0.121. The molecule has 0 bridgehead atoms. The first-order chi connectivity index (χ1) is 14.7. The van der Waals surface area contributed by atoms with Gasteiger partial charge in [0.15, 0.2) is 6.10 Å². The van der Waals surface area contributed by atoms with E-state index in [-0.39, 0.29) is 17.1 Å². The zero-order valence-corrected chi connectivity index (χ0v) is 17.8. The second-order valence-corrected chi connectivity index (χ2v) is 9.29. The van der Waals surface area contributed by atoms with E-state index in [1.807, 2.05) is 13.8 Å². The van der Waals surface area contributed by atoms with Crippen molar-refractivity contribution in [2.75, 3.05) is 16.2 Å². The molecule has 0 fully saturated rings. The van der Waals surface area contributed by atoms with Gasteiger partial charge in [-0.05, 0) is 61.9 Å². The maximum Gasteiger partial charge on any atom is 0.267 e. The maximum absolute atomic E-state index is 13.5. The summed E-state index contributed by atoms with van der Waals surface area (Å²) in [5.41, 5.74) is 2.42. The highest BCUT2D eigenvalue weighted by Crippen LogP contribution is 2.38. The van der Waals surface area contributed by atoms with Crippen LogP contribution in [0.3, 0.4) is 0 Å². The first-order valence-electron chi connectivity index (χ1n) is 9.67. The fraction of sp³-hybridized carbons (Fsp3) is 0.174. The Morgan fingerprint density at radius 1 is 1.03 bits per heavy atom. The average Bonchev–Trinajstić information content (AvgIpc) is 2.73. The molecule has 1 aliphatic heterocycles. The predicted octanol–water partition coefficient (Wildman–Crippen LogP) is 4.04. The Hall–Kier alpha value is -3.39. The Labute approximate surface area is 180 Å². The van der Waals surface area contributed by atoms with Crippen LogP contribution in [0.5, 0.6) is 5.75 Å². The summed E-state index contributed by atoms with van der Waals surface area (Å²) in [6, 6.07) is 17.1. The molecule has 0 radical (unpaired) electrons. The van der Waals surface area contributed by atoms with Crippen molar-refractivity contribution in [3.63, 3.8) is 0 Å². The lowest BCUT2D eigenvalue weighted by molar-refractivity contribution is -0.122. The maximum atomic E-state index is 13.5. The van der Waals surface area contributed by atoms with Crippen LogP contribution in [0.15, 0.2) is 71.6 Å². The van der Waals surface area contributed by atoms with Gasteiger partial charge in [-0.2, -0.15) is 0 Å². The number of rotatable bonds is 4. The minimum Gasteiger partial charge on any atom is -0.476 e. The minimum atomic E-state index is -3.94. The normalized spacial score (nSPS) is 15.7. The molecule has 160 valence electrons. The predicted molar refractivity (Wildman–Crippen MR) is 116 cm³/mol. The Balaban J connectivity index is 1.70. The smallest absolute Gasteiger partial charge is 0.267 e. The van der Waals surface area contributed by atoms with Crippen molar-refractivity contribution in [2.24, 2.45) is 0 Å². The van der Waals surface area contributed by atoms with Gasteiger partial charge in [-0.3, -0.25) is 9.10 Å². The number of fused-ring (bicyclic) bond motifs is 1. The van der Waals surface area contributed by atoms with Crippen molar-refractivity contribution in [3.05, 3.63) is 83.7 Å². The molecule has 1 amide bonds. The number of nitrogens with zero attached hydrogens (tertiary/aromatic N) is 1. The van der Waals surface area contributed by atoms with Gasteiger partial charge in [0.1, 0.15) is 11.6 Å². The number of benzene rings is 3. The van der Waals surface area contributed by atoms with Crippen LogP contribution in [0.1, 0.15) is 11.1 Å². The summed E-state index contributed by atoms with van der Waals surface area (Å²) >= 11 is 0. The van der Waals surface area contributed by atoms with E-state index >= 15 is 0 Å². The first-order valence-corrected chi connectivity index (χ1v) is 11.1. The number of hydrogen-bond donors (Lipinski definition) is 1. The fourth-order valence-corrected chi connectivity index (χ4v) is 4.83. The molecule has 0 saturated heterocycles. The molecule has 1 heterocycles. The lowest BCUT2D eigenvalue weighted by Gasteiger charge is -2.35. The third-order valence-electron chi connectivity index (χ3n) is 4.98. The Morgan fingerprint density at radius 3 is 2.45 bits per heavy atom. The monoisotopic (exact) mass is 440 g/mol. The average molecular weight is 440 g/mol. The molecular weight excluding hydrogens is 419 g/mol. The second-order valence-electron chi connectivity index (χ2n) is 7.43. The van der Waals surface area contributed by atoms with Crippen molar-refractivity contribution in [2.45, 2.75) is 24.8 Å². The number of carbonyl (C=O) groups is 1. The molecule has 3 aromatic rings. The van der Waals surface area contributed by atoms with Crippen LogP contribution in [0, 0.1) is 19.7 Å². The molecule has 0 spiro atoms. The van der Waals surface area contributed by atoms with Crippen molar-refractivity contribution < 1.29 is 22.3 Å². The van der Waals surface area contributed by atoms with Crippen LogP contribution in [0.2, 0.25) is 0 Å². The van der Waals surface area contributed by atoms with Crippen LogP contribution in [0.4, 0.5) is 15.8 Å². The third-order valence-corrected chi connectivity index (χ3v) is 6.77. The highest BCUT2D eigenvalue weighted by atomic mass is 32.2. The van der Waals surface area contributed by atoms with Gasteiger partial charge in [-0.1, -0.05) is 29.8 Å². The van der Waals surface area contributed by atoms with Gasteiger partial charge < -0.3 is 10.1 Å². The van der Waals surface area contributed by atoms with E-state index in [1.54, 1.807) is 36.4 Å². The van der Waals surface area contributed by atoms with Gasteiger partial charge in [-0.15, -0.1) is 0 Å². The Kier molecular flexibility index (Phi) is 5.41. The number of sulfonamides is 1. The van der Waals surface area contributed by atoms with E-state index < -0.39 is 27.9 Å². The molecule has 0 aromatic heterocycles. The summed E-state index contributed by atoms with van der Waals surface area (Å²) in [5, 5.41) is 2.59. The number of anilines is 2. The summed E-state index contributed by atoms with van der Waals surface area (Å²) in [7, 11) is -3.94. The van der Waals surface area contributed by atoms with Gasteiger partial charge >= 0.3 is 0 Å². The van der Waals surface area contributed by atoms with Crippen LogP contribution >= 0.6 is 0 Å². The van der Waals surface area contributed by atoms with E-state index in [1.165, 1.54) is 34.6 Å². The molecule has 6 nitrogen and oxygen atoms in total. The van der Waals surface area contributed by atoms with Crippen LogP contribution < -0.4 is 14.4 Å². The Morgan fingerprint density at radius 2 is 1.74 bits per heavy atom. The van der Waals surface area contributed by atoms with Crippen molar-refractivity contribution in [1.29, 1.82) is 0 Å². The van der Waals surface area contributed by atoms with Gasteiger partial charge in [-0.25, -0.2) is 12.8 Å². The number of aryl methyl sites for hydroxylation is 2. The number of nitrogens with one attached hydrogen (secondary N) is 1. The Bertz CT molecular complexity index is 1240. The van der Waals surface area contributed by atoms with Crippen molar-refractivity contribution in [1.82, 2.24) is 0 Å². The molecule has 0 saturated carbocycles. The molecule has 0 unspecified atom stereocenters.